The molecule has 1 fully saturated rings. The van der Waals surface area contributed by atoms with Gasteiger partial charge in [-0.05, 0) is 61.1 Å². The maximum Gasteiger partial charge on any atom is 0.302 e. The Morgan fingerprint density at radius 1 is 1.19 bits per heavy atom. The monoisotopic (exact) mass is 365 g/mol. The molecule has 2 unspecified atom stereocenters. The van der Waals surface area contributed by atoms with Crippen molar-refractivity contribution in [2.45, 2.75) is 49.1 Å². The lowest BCUT2D eigenvalue weighted by Gasteiger charge is -2.14. The molecule has 26 heavy (non-hydrogen) atoms. The molecule has 1 aliphatic carbocycles. The molecule has 0 N–H and O–H groups in total. The van der Waals surface area contributed by atoms with E-state index in [9.17, 15) is 0 Å². The van der Waals surface area contributed by atoms with Crippen molar-refractivity contribution in [3.63, 3.8) is 0 Å². The second kappa shape index (κ2) is 5.61. The first-order valence-corrected chi connectivity index (χ1v) is 9.77. The maximum absolute atomic E-state index is 4.86. The van der Waals surface area contributed by atoms with Gasteiger partial charge in [-0.3, -0.25) is 0 Å². The average Bonchev–Trinajstić information content (AvgIpc) is 3.31. The Morgan fingerprint density at radius 2 is 2.04 bits per heavy atom. The van der Waals surface area contributed by atoms with Crippen molar-refractivity contribution in [2.75, 3.05) is 7.05 Å². The summed E-state index contributed by atoms with van der Waals surface area (Å²) in [4.78, 5) is 6.08. The van der Waals surface area contributed by atoms with Gasteiger partial charge in [-0.1, -0.05) is 0 Å². The van der Waals surface area contributed by atoms with Gasteiger partial charge in [0.25, 0.3) is 0 Å². The van der Waals surface area contributed by atoms with Gasteiger partial charge >= 0.3 is 5.84 Å². The highest BCUT2D eigenvalue weighted by Gasteiger charge is 2.51. The second-order valence-corrected chi connectivity index (χ2v) is 8.45. The van der Waals surface area contributed by atoms with Crippen LogP contribution in [0, 0.1) is 12.8 Å². The van der Waals surface area contributed by atoms with Crippen LogP contribution in [0.5, 0.6) is 0 Å². The summed E-state index contributed by atoms with van der Waals surface area (Å²) in [5.74, 6) is 3.16. The normalized spacial score (nSPS) is 22.7. The Hall–Kier alpha value is -2.28. The molecular formula is C19H21N6S+. The van der Waals surface area contributed by atoms with E-state index in [0.717, 1.165) is 41.1 Å². The summed E-state index contributed by atoms with van der Waals surface area (Å²) in [6.45, 7) is 8.21. The molecule has 3 aliphatic rings. The fourth-order valence-corrected chi connectivity index (χ4v) is 4.74. The van der Waals surface area contributed by atoms with Crippen LogP contribution >= 0.6 is 11.8 Å². The van der Waals surface area contributed by atoms with E-state index in [-0.39, 0.29) is 0 Å². The van der Waals surface area contributed by atoms with Crippen LogP contribution in [-0.4, -0.2) is 44.8 Å². The predicted octanol–water partition coefficient (Wildman–Crippen LogP) is 3.40. The number of hydrogen-bond acceptors (Lipinski definition) is 5. The van der Waals surface area contributed by atoms with Crippen LogP contribution in [0.25, 0.3) is 0 Å². The zero-order valence-corrected chi connectivity index (χ0v) is 16.0. The van der Waals surface area contributed by atoms with Gasteiger partial charge in [-0.15, -0.1) is 10.2 Å². The van der Waals surface area contributed by atoms with Crippen molar-refractivity contribution >= 4 is 35.7 Å². The number of hydrogen-bond donors (Lipinski definition) is 0. The SMILES string of the molecule is C=[N+](C)C1=Nc2cc(C)c(Sc3nnc4n3N=C(C)CC4)cc2C2CC12. The zero-order chi connectivity index (χ0) is 18.0. The Labute approximate surface area is 156 Å². The molecule has 1 saturated carbocycles. The Kier molecular flexibility index (Phi) is 3.44. The summed E-state index contributed by atoms with van der Waals surface area (Å²) < 4.78 is 3.81. The van der Waals surface area contributed by atoms with Crippen LogP contribution in [0.4, 0.5) is 5.69 Å². The summed E-state index contributed by atoms with van der Waals surface area (Å²) >= 11 is 1.65. The first-order chi connectivity index (χ1) is 12.5. The molecule has 0 spiro atoms. The third-order valence-electron chi connectivity index (χ3n) is 5.33. The van der Waals surface area contributed by atoms with Crippen molar-refractivity contribution in [1.29, 1.82) is 0 Å². The molecule has 132 valence electrons. The quantitative estimate of drug-likeness (QED) is 0.605. The van der Waals surface area contributed by atoms with E-state index in [0.29, 0.717) is 11.8 Å². The van der Waals surface area contributed by atoms with Gasteiger partial charge in [0.15, 0.2) is 11.5 Å². The first kappa shape index (κ1) is 15.9. The fourth-order valence-electron chi connectivity index (χ4n) is 3.82. The average molecular weight is 365 g/mol. The molecule has 6 nitrogen and oxygen atoms in total. The standard InChI is InChI=1S/C19H21N6S/c1-10-7-15-13(12-8-14(12)18(20-15)24(3)4)9-16(10)26-19-22-21-17-6-5-11(2)23-25(17)19/h7,9,12,14H,3,5-6,8H2,1-2,4H3/q+1. The summed E-state index contributed by atoms with van der Waals surface area (Å²) in [7, 11) is 1.98. The van der Waals surface area contributed by atoms with E-state index in [1.54, 1.807) is 11.8 Å². The molecule has 2 aliphatic heterocycles. The first-order valence-electron chi connectivity index (χ1n) is 8.95. The molecule has 2 aromatic rings. The maximum atomic E-state index is 4.86. The highest BCUT2D eigenvalue weighted by molar-refractivity contribution is 7.99. The van der Waals surface area contributed by atoms with Crippen LogP contribution in [0.3, 0.4) is 0 Å². The van der Waals surface area contributed by atoms with Gasteiger partial charge in [0.05, 0.1) is 19.7 Å². The van der Waals surface area contributed by atoms with Crippen molar-refractivity contribution in [2.24, 2.45) is 16.0 Å². The summed E-state index contributed by atoms with van der Waals surface area (Å²) in [6, 6.07) is 4.49. The van der Waals surface area contributed by atoms with E-state index < -0.39 is 0 Å². The van der Waals surface area contributed by atoms with Gasteiger partial charge in [-0.25, -0.2) is 4.58 Å². The van der Waals surface area contributed by atoms with E-state index in [1.165, 1.54) is 22.4 Å². The van der Waals surface area contributed by atoms with E-state index >= 15 is 0 Å². The Morgan fingerprint density at radius 3 is 2.85 bits per heavy atom. The molecular weight excluding hydrogens is 344 g/mol. The third-order valence-corrected chi connectivity index (χ3v) is 6.43. The minimum absolute atomic E-state index is 0.527. The fraction of sp³-hybridized carbons (Fsp3) is 0.421. The van der Waals surface area contributed by atoms with Crippen LogP contribution in [-0.2, 0) is 6.42 Å². The van der Waals surface area contributed by atoms with Crippen LogP contribution in [0.15, 0.2) is 32.3 Å². The lowest BCUT2D eigenvalue weighted by Crippen LogP contribution is -2.19. The highest BCUT2D eigenvalue weighted by Crippen LogP contribution is 2.55. The van der Waals surface area contributed by atoms with E-state index in [4.69, 9.17) is 4.99 Å². The number of benzene rings is 1. The van der Waals surface area contributed by atoms with Gasteiger partial charge in [0.1, 0.15) is 0 Å². The van der Waals surface area contributed by atoms with Crippen molar-refractivity contribution < 1.29 is 4.58 Å². The number of aryl methyl sites for hydroxylation is 2. The lowest BCUT2D eigenvalue weighted by atomic mass is 10.0. The molecule has 0 amide bonds. The Balaban J connectivity index is 1.53. The summed E-state index contributed by atoms with van der Waals surface area (Å²) in [5.41, 5.74) is 4.78. The number of rotatable bonds is 2. The molecule has 1 aromatic heterocycles. The highest BCUT2D eigenvalue weighted by atomic mass is 32.2. The topological polar surface area (TPSA) is 58.4 Å². The van der Waals surface area contributed by atoms with Crippen LogP contribution in [0.1, 0.15) is 42.6 Å². The number of aliphatic imine (C=N–C) groups is 1. The van der Waals surface area contributed by atoms with Gasteiger partial charge in [-0.2, -0.15) is 9.78 Å². The van der Waals surface area contributed by atoms with Crippen LogP contribution < -0.4 is 0 Å². The summed E-state index contributed by atoms with van der Waals surface area (Å²) in [5, 5.41) is 14.1. The van der Waals surface area contributed by atoms with Crippen molar-refractivity contribution in [1.82, 2.24) is 14.9 Å². The van der Waals surface area contributed by atoms with Crippen LogP contribution in [0.2, 0.25) is 0 Å². The third kappa shape index (κ3) is 2.45. The molecule has 0 saturated heterocycles. The molecule has 1 aromatic carbocycles. The summed E-state index contributed by atoms with van der Waals surface area (Å²) in [6.07, 6.45) is 3.04. The number of fused-ring (bicyclic) bond motifs is 4. The number of amidine groups is 1. The molecule has 5 rings (SSSR count). The molecule has 0 bridgehead atoms. The molecule has 3 heterocycles. The minimum atomic E-state index is 0.527. The largest absolute Gasteiger partial charge is 0.302 e. The molecule has 2 atom stereocenters. The second-order valence-electron chi connectivity index (χ2n) is 7.44. The van der Waals surface area contributed by atoms with Gasteiger partial charge < -0.3 is 0 Å². The number of nitrogens with zero attached hydrogens (tertiary/aromatic N) is 6. The smallest absolute Gasteiger partial charge is 0.244 e. The zero-order valence-electron chi connectivity index (χ0n) is 15.2. The van der Waals surface area contributed by atoms with Gasteiger partial charge in [0.2, 0.25) is 5.16 Å². The van der Waals surface area contributed by atoms with Crippen molar-refractivity contribution in [3.05, 3.63) is 29.1 Å². The van der Waals surface area contributed by atoms with Crippen molar-refractivity contribution in [3.8, 4) is 0 Å². The molecule has 7 heteroatoms. The molecule has 0 radical (unpaired) electrons. The minimum Gasteiger partial charge on any atom is -0.244 e. The van der Waals surface area contributed by atoms with E-state index in [1.807, 2.05) is 16.3 Å². The lowest BCUT2D eigenvalue weighted by molar-refractivity contribution is -0.364. The predicted molar refractivity (Wildman–Crippen MR) is 103 cm³/mol. The van der Waals surface area contributed by atoms with E-state index in [2.05, 4.69) is 48.0 Å². The number of aromatic nitrogens is 3. The van der Waals surface area contributed by atoms with Gasteiger partial charge in [0, 0.05) is 28.5 Å². The Bertz CT molecular complexity index is 1020.